The molecule has 4 rings (SSSR count). The number of hydrogen-bond donors (Lipinski definition) is 4. The summed E-state index contributed by atoms with van der Waals surface area (Å²) in [5.74, 6) is -1.67. The second-order valence-corrected chi connectivity index (χ2v) is 9.30. The third kappa shape index (κ3) is 5.95. The number of nitrogens with one attached hydrogen (secondary N) is 3. The predicted molar refractivity (Wildman–Crippen MR) is 146 cm³/mol. The van der Waals surface area contributed by atoms with Crippen molar-refractivity contribution >= 4 is 52.1 Å². The maximum absolute atomic E-state index is 13.6. The number of hydrogen-bond acceptors (Lipinski definition) is 6. The van der Waals surface area contributed by atoms with E-state index in [1.54, 1.807) is 74.5 Å². The minimum atomic E-state index is -0.799. The monoisotopic (exact) mass is 537 g/mol. The summed E-state index contributed by atoms with van der Waals surface area (Å²) in [7, 11) is 0. The molecule has 1 aliphatic heterocycles. The fraction of sp³-hybridized carbons (Fsp3) is 0.111. The van der Waals surface area contributed by atoms with Crippen molar-refractivity contribution in [2.75, 3.05) is 15.9 Å². The third-order valence-electron chi connectivity index (χ3n) is 5.86. The average Bonchev–Trinajstić information content (AvgIpc) is 2.83. The first kappa shape index (κ1) is 26.2. The quantitative estimate of drug-likeness (QED) is 0.278. The summed E-state index contributed by atoms with van der Waals surface area (Å²) >= 11 is 12.2. The smallest absolute Gasteiger partial charge is 0.254 e. The van der Waals surface area contributed by atoms with Crippen molar-refractivity contribution in [1.82, 2.24) is 5.32 Å². The summed E-state index contributed by atoms with van der Waals surface area (Å²) in [4.78, 5) is 27.2. The summed E-state index contributed by atoms with van der Waals surface area (Å²) in [5, 5.41) is 30.1. The molecule has 3 aromatic carbocycles. The lowest BCUT2D eigenvalue weighted by Gasteiger charge is -2.32. The summed E-state index contributed by atoms with van der Waals surface area (Å²) in [6.45, 7) is 3.49. The maximum Gasteiger partial charge on any atom is 0.254 e. The van der Waals surface area contributed by atoms with E-state index in [1.807, 2.05) is 0 Å². The number of halogens is 2. The van der Waals surface area contributed by atoms with Crippen LogP contribution in [0.5, 0.6) is 0 Å². The van der Waals surface area contributed by atoms with Gasteiger partial charge in [-0.2, -0.15) is 0 Å². The Morgan fingerprint density at radius 1 is 0.838 bits per heavy atom. The van der Waals surface area contributed by atoms with Gasteiger partial charge in [0.2, 0.25) is 0 Å². The molecule has 1 aliphatic rings. The van der Waals surface area contributed by atoms with Crippen molar-refractivity contribution in [2.24, 2.45) is 0 Å². The van der Waals surface area contributed by atoms with Crippen molar-refractivity contribution in [1.29, 1.82) is 0 Å². The van der Waals surface area contributed by atoms with Gasteiger partial charge in [0.15, 0.2) is 0 Å². The van der Waals surface area contributed by atoms with Crippen molar-refractivity contribution in [3.63, 3.8) is 0 Å². The molecule has 0 spiro atoms. The number of rotatable bonds is 6. The van der Waals surface area contributed by atoms with E-state index in [-0.39, 0.29) is 10.9 Å². The highest BCUT2D eigenvalue weighted by molar-refractivity contribution is 6.31. The predicted octanol–water partition coefficient (Wildman–Crippen LogP) is 6.20. The molecule has 4 N–H and O–H groups in total. The molecule has 8 nitrogen and oxygen atoms in total. The Bertz CT molecular complexity index is 1340. The van der Waals surface area contributed by atoms with Gasteiger partial charge in [0.05, 0.1) is 5.69 Å². The molecule has 10 heteroatoms. The number of nitrogens with zero attached hydrogens (tertiary/aromatic N) is 1. The molecule has 0 radical (unpaired) electrons. The van der Waals surface area contributed by atoms with Gasteiger partial charge in [-0.25, -0.2) is 0 Å². The van der Waals surface area contributed by atoms with Gasteiger partial charge in [-0.3, -0.25) is 14.8 Å². The Kier molecular flexibility index (Phi) is 7.85. The Morgan fingerprint density at radius 3 is 1.70 bits per heavy atom. The third-order valence-corrected chi connectivity index (χ3v) is 6.33. The summed E-state index contributed by atoms with van der Waals surface area (Å²) in [6.07, 6.45) is 0. The summed E-state index contributed by atoms with van der Waals surface area (Å²) < 4.78 is 0. The van der Waals surface area contributed by atoms with Crippen LogP contribution in [-0.2, 0) is 9.59 Å². The number of anilines is 3. The van der Waals surface area contributed by atoms with E-state index in [2.05, 4.69) is 16.0 Å². The topological polar surface area (TPSA) is 117 Å². The van der Waals surface area contributed by atoms with Gasteiger partial charge in [0, 0.05) is 49.9 Å². The van der Waals surface area contributed by atoms with E-state index in [4.69, 9.17) is 23.2 Å². The van der Waals surface area contributed by atoms with Gasteiger partial charge in [0.25, 0.3) is 11.8 Å². The van der Waals surface area contributed by atoms with Crippen molar-refractivity contribution in [2.45, 2.75) is 19.8 Å². The average molecular weight is 538 g/mol. The Hall–Kier alpha value is -3.82. The van der Waals surface area contributed by atoms with Crippen LogP contribution in [0, 0.1) is 5.21 Å². The number of allylic oxidation sites excluding steroid dienone is 2. The van der Waals surface area contributed by atoms with Crippen LogP contribution in [0.25, 0.3) is 0 Å². The van der Waals surface area contributed by atoms with Crippen LogP contribution in [0.4, 0.5) is 17.1 Å². The van der Waals surface area contributed by atoms with Gasteiger partial charge in [-0.15, -0.1) is 0 Å². The SMILES string of the molecule is CC1=C(C(=O)Nc2cccc(Cl)c2)C(c2ccc(N([O-])O)cc2)C(C(=O)Nc2cccc(Cl)c2)=C(C)N1. The first-order valence-electron chi connectivity index (χ1n) is 11.2. The molecule has 0 aliphatic carbocycles. The van der Waals surface area contributed by atoms with Crippen molar-refractivity contribution < 1.29 is 14.8 Å². The molecule has 0 bridgehead atoms. The van der Waals surface area contributed by atoms with Gasteiger partial charge in [-0.1, -0.05) is 47.5 Å². The van der Waals surface area contributed by atoms with Crippen LogP contribution >= 0.6 is 23.2 Å². The first-order chi connectivity index (χ1) is 17.6. The molecular weight excluding hydrogens is 515 g/mol. The summed E-state index contributed by atoms with van der Waals surface area (Å²) in [5.41, 5.74) is 3.27. The normalized spacial score (nSPS) is 13.8. The molecular formula is C27H23Cl2N4O4-. The van der Waals surface area contributed by atoms with Crippen molar-refractivity contribution in [3.05, 3.63) is 116 Å². The van der Waals surface area contributed by atoms with E-state index in [0.29, 0.717) is 49.5 Å². The lowest BCUT2D eigenvalue weighted by molar-refractivity contribution is -0.113. The molecule has 0 saturated carbocycles. The van der Waals surface area contributed by atoms with Gasteiger partial charge < -0.3 is 26.4 Å². The molecule has 0 saturated heterocycles. The second kappa shape index (κ2) is 11.1. The van der Waals surface area contributed by atoms with E-state index < -0.39 is 17.7 Å². The zero-order valence-electron chi connectivity index (χ0n) is 19.9. The van der Waals surface area contributed by atoms with E-state index in [0.717, 1.165) is 0 Å². The Morgan fingerprint density at radius 2 is 1.30 bits per heavy atom. The second-order valence-electron chi connectivity index (χ2n) is 8.43. The Labute approximate surface area is 223 Å². The van der Waals surface area contributed by atoms with Crippen molar-refractivity contribution in [3.8, 4) is 0 Å². The molecule has 0 atom stereocenters. The first-order valence-corrected chi connectivity index (χ1v) is 12.0. The number of benzene rings is 3. The number of dihydropyridines is 1. The maximum atomic E-state index is 13.6. The fourth-order valence-electron chi connectivity index (χ4n) is 4.25. The van der Waals surface area contributed by atoms with Crippen LogP contribution in [0.3, 0.4) is 0 Å². The zero-order valence-corrected chi connectivity index (χ0v) is 21.4. The molecule has 0 unspecified atom stereocenters. The lowest BCUT2D eigenvalue weighted by Crippen LogP contribution is -2.35. The number of carbonyl (C=O) groups excluding carboxylic acids is 2. The van der Waals surface area contributed by atoms with E-state index in [9.17, 15) is 20.0 Å². The van der Waals surface area contributed by atoms with E-state index in [1.165, 1.54) is 12.1 Å². The highest BCUT2D eigenvalue weighted by Gasteiger charge is 2.36. The summed E-state index contributed by atoms with van der Waals surface area (Å²) in [6, 6.07) is 19.5. The van der Waals surface area contributed by atoms with Crippen LogP contribution in [-0.4, -0.2) is 17.0 Å². The van der Waals surface area contributed by atoms with Gasteiger partial charge in [-0.05, 0) is 67.9 Å². The molecule has 1 heterocycles. The van der Waals surface area contributed by atoms with Crippen LogP contribution in [0.2, 0.25) is 10.0 Å². The van der Waals surface area contributed by atoms with Crippen LogP contribution in [0.1, 0.15) is 25.3 Å². The number of carbonyl (C=O) groups is 2. The molecule has 0 aromatic heterocycles. The minimum Gasteiger partial charge on any atom is -0.733 e. The molecule has 2 amide bonds. The standard InChI is InChI=1S/C27H23Cl2N4O4/c1-15-23(26(34)31-20-7-3-5-18(28)13-20)25(17-9-11-22(12-10-17)33(36)37)24(16(2)30-15)27(35)32-21-8-4-6-19(29)14-21/h3-14,25,30,36H,1-2H3,(H,31,34)(H,32,35)/q-1. The fourth-order valence-corrected chi connectivity index (χ4v) is 4.63. The van der Waals surface area contributed by atoms with Gasteiger partial charge in [0.1, 0.15) is 0 Å². The van der Waals surface area contributed by atoms with Crippen LogP contribution < -0.4 is 21.2 Å². The van der Waals surface area contributed by atoms with E-state index >= 15 is 0 Å². The highest BCUT2D eigenvalue weighted by atomic mass is 35.5. The lowest BCUT2D eigenvalue weighted by atomic mass is 9.79. The molecule has 37 heavy (non-hydrogen) atoms. The number of amides is 2. The van der Waals surface area contributed by atoms with Crippen LogP contribution in [0.15, 0.2) is 95.3 Å². The Balaban J connectivity index is 1.77. The highest BCUT2D eigenvalue weighted by Crippen LogP contribution is 2.40. The minimum absolute atomic E-state index is 0.00828. The molecule has 3 aromatic rings. The van der Waals surface area contributed by atoms with Gasteiger partial charge >= 0.3 is 0 Å². The molecule has 190 valence electrons. The zero-order chi connectivity index (χ0) is 26.7. The largest absolute Gasteiger partial charge is 0.733 e. The molecule has 0 fully saturated rings.